The van der Waals surface area contributed by atoms with Crippen LogP contribution >= 0.6 is 0 Å². The molecule has 100 valence electrons. The number of hydrogen-bond acceptors (Lipinski definition) is 5. The Balaban J connectivity index is 2.45. The zero-order valence-electron chi connectivity index (χ0n) is 10.4. The Hall–Kier alpha value is -2.89. The summed E-state index contributed by atoms with van der Waals surface area (Å²) in [7, 11) is 1.53. The van der Waals surface area contributed by atoms with Crippen molar-refractivity contribution in [2.75, 3.05) is 7.11 Å². The van der Waals surface area contributed by atoms with Crippen LogP contribution in [0.15, 0.2) is 39.7 Å². The van der Waals surface area contributed by atoms with Crippen molar-refractivity contribution in [3.05, 3.63) is 46.4 Å². The molecule has 0 aliphatic heterocycles. The van der Waals surface area contributed by atoms with E-state index in [1.165, 1.54) is 13.3 Å². The fourth-order valence-corrected chi connectivity index (χ4v) is 2.00. The van der Waals surface area contributed by atoms with Crippen LogP contribution in [0.3, 0.4) is 0 Å². The van der Waals surface area contributed by atoms with Gasteiger partial charge in [-0.1, -0.05) is 0 Å². The lowest BCUT2D eigenvalue weighted by molar-refractivity contribution is 0.0663. The molecule has 3 rings (SSSR count). The highest BCUT2D eigenvalue weighted by atomic mass is 16.5. The molecule has 1 aromatic carbocycles. The van der Waals surface area contributed by atoms with E-state index in [0.717, 1.165) is 6.07 Å². The third-order valence-corrected chi connectivity index (χ3v) is 2.98. The van der Waals surface area contributed by atoms with Crippen molar-refractivity contribution in [2.24, 2.45) is 0 Å². The van der Waals surface area contributed by atoms with Crippen molar-refractivity contribution < 1.29 is 19.1 Å². The summed E-state index contributed by atoms with van der Waals surface area (Å²) in [5, 5.41) is 9.76. The summed E-state index contributed by atoms with van der Waals surface area (Å²) in [6, 6.07) is 6.00. The van der Waals surface area contributed by atoms with Gasteiger partial charge in [0.15, 0.2) is 5.43 Å². The van der Waals surface area contributed by atoms with Gasteiger partial charge in [-0.3, -0.25) is 9.78 Å². The van der Waals surface area contributed by atoms with Crippen LogP contribution in [0, 0.1) is 0 Å². The number of hydrogen-bond donors (Lipinski definition) is 1. The predicted molar refractivity (Wildman–Crippen MR) is 71.3 cm³/mol. The maximum Gasteiger partial charge on any atom is 0.371 e. The van der Waals surface area contributed by atoms with Crippen molar-refractivity contribution in [3.63, 3.8) is 0 Å². The summed E-state index contributed by atoms with van der Waals surface area (Å²) >= 11 is 0. The highest BCUT2D eigenvalue weighted by molar-refractivity contribution is 6.02. The van der Waals surface area contributed by atoms with Crippen molar-refractivity contribution in [1.29, 1.82) is 0 Å². The first-order valence-corrected chi connectivity index (χ1v) is 5.74. The van der Waals surface area contributed by atoms with Gasteiger partial charge in [0.25, 0.3) is 0 Å². The molecule has 1 N–H and O–H groups in total. The maximum atomic E-state index is 11.9. The molecule has 0 radical (unpaired) electrons. The zero-order valence-corrected chi connectivity index (χ0v) is 10.4. The van der Waals surface area contributed by atoms with Gasteiger partial charge in [0.2, 0.25) is 5.76 Å². The summed E-state index contributed by atoms with van der Waals surface area (Å²) in [6.07, 6.45) is 1.37. The van der Waals surface area contributed by atoms with Crippen LogP contribution in [0.2, 0.25) is 0 Å². The van der Waals surface area contributed by atoms with E-state index >= 15 is 0 Å². The van der Waals surface area contributed by atoms with Gasteiger partial charge in [-0.05, 0) is 12.1 Å². The third-order valence-electron chi connectivity index (χ3n) is 2.98. The highest BCUT2D eigenvalue weighted by Gasteiger charge is 2.13. The van der Waals surface area contributed by atoms with Crippen LogP contribution in [0.5, 0.6) is 5.75 Å². The number of rotatable bonds is 2. The summed E-state index contributed by atoms with van der Waals surface area (Å²) in [5.74, 6) is -1.07. The van der Waals surface area contributed by atoms with Crippen LogP contribution in [-0.2, 0) is 0 Å². The molecule has 0 aliphatic carbocycles. The quantitative estimate of drug-likeness (QED) is 0.717. The van der Waals surface area contributed by atoms with E-state index in [-0.39, 0.29) is 11.0 Å². The number of methoxy groups -OCH3 is 1. The number of carboxylic acid groups (broad SMARTS) is 1. The minimum Gasteiger partial charge on any atom is -0.497 e. The molecule has 0 bridgehead atoms. The zero-order chi connectivity index (χ0) is 14.3. The number of carboxylic acids is 1. The first kappa shape index (κ1) is 12.2. The SMILES string of the molecule is COc1ccc2c(c1)ncc1c(=O)cc(C(=O)O)oc12. The molecule has 2 aromatic heterocycles. The fourth-order valence-electron chi connectivity index (χ4n) is 2.00. The number of pyridine rings is 1. The average Bonchev–Trinajstić information content (AvgIpc) is 2.46. The second-order valence-electron chi connectivity index (χ2n) is 4.16. The van der Waals surface area contributed by atoms with E-state index in [4.69, 9.17) is 14.3 Å². The molecule has 2 heterocycles. The molecule has 20 heavy (non-hydrogen) atoms. The molecule has 0 unspecified atom stereocenters. The number of carbonyl (C=O) groups is 1. The predicted octanol–water partition coefficient (Wildman–Crippen LogP) is 2.05. The van der Waals surface area contributed by atoms with Gasteiger partial charge < -0.3 is 14.3 Å². The van der Waals surface area contributed by atoms with Gasteiger partial charge >= 0.3 is 5.97 Å². The lowest BCUT2D eigenvalue weighted by Gasteiger charge is -2.05. The lowest BCUT2D eigenvalue weighted by atomic mass is 10.1. The first-order chi connectivity index (χ1) is 9.60. The number of nitrogens with zero attached hydrogens (tertiary/aromatic N) is 1. The Kier molecular flexibility index (Phi) is 2.64. The molecule has 6 nitrogen and oxygen atoms in total. The minimum absolute atomic E-state index is 0.211. The molecule has 0 aliphatic rings. The van der Waals surface area contributed by atoms with Crippen molar-refractivity contribution in [1.82, 2.24) is 4.98 Å². The molecule has 0 saturated carbocycles. The smallest absolute Gasteiger partial charge is 0.371 e. The Labute approximate surface area is 112 Å². The van der Waals surface area contributed by atoms with Gasteiger partial charge in [0.05, 0.1) is 18.0 Å². The highest BCUT2D eigenvalue weighted by Crippen LogP contribution is 2.25. The summed E-state index contributed by atoms with van der Waals surface area (Å²) in [5.41, 5.74) is 0.332. The van der Waals surface area contributed by atoms with Crippen LogP contribution in [0.4, 0.5) is 0 Å². The van der Waals surface area contributed by atoms with E-state index in [0.29, 0.717) is 16.7 Å². The first-order valence-electron chi connectivity index (χ1n) is 5.74. The molecule has 0 atom stereocenters. The molecule has 0 saturated heterocycles. The van der Waals surface area contributed by atoms with Gasteiger partial charge in [-0.2, -0.15) is 0 Å². The normalized spacial score (nSPS) is 10.8. The number of aromatic carboxylic acids is 1. The van der Waals surface area contributed by atoms with Crippen molar-refractivity contribution in [2.45, 2.75) is 0 Å². The van der Waals surface area contributed by atoms with E-state index in [9.17, 15) is 9.59 Å². The molecule has 3 aromatic rings. The van der Waals surface area contributed by atoms with Gasteiger partial charge in [0.1, 0.15) is 11.3 Å². The standard InChI is InChI=1S/C14H9NO5/c1-19-7-2-3-8-10(4-7)15-6-9-11(16)5-12(14(17)18)20-13(8)9/h2-6H,1H3,(H,17,18). The monoisotopic (exact) mass is 271 g/mol. The Bertz CT molecular complexity index is 897. The average molecular weight is 271 g/mol. The maximum absolute atomic E-state index is 11.9. The fraction of sp³-hybridized carbons (Fsp3) is 0.0714. The topological polar surface area (TPSA) is 89.6 Å². The third kappa shape index (κ3) is 1.78. The second kappa shape index (κ2) is 4.34. The molecule has 6 heteroatoms. The number of aromatic nitrogens is 1. The van der Waals surface area contributed by atoms with Crippen molar-refractivity contribution >= 4 is 27.8 Å². The summed E-state index contributed by atoms with van der Waals surface area (Å²) in [6.45, 7) is 0. The molecular weight excluding hydrogens is 262 g/mol. The lowest BCUT2D eigenvalue weighted by Crippen LogP contribution is -2.06. The van der Waals surface area contributed by atoms with E-state index in [1.807, 2.05) is 0 Å². The van der Waals surface area contributed by atoms with Gasteiger partial charge in [-0.15, -0.1) is 0 Å². The molecular formula is C14H9NO5. The number of benzene rings is 1. The van der Waals surface area contributed by atoms with Crippen LogP contribution in [-0.4, -0.2) is 23.2 Å². The second-order valence-corrected chi connectivity index (χ2v) is 4.16. The van der Waals surface area contributed by atoms with Crippen LogP contribution < -0.4 is 10.2 Å². The molecule has 0 spiro atoms. The number of ether oxygens (including phenoxy) is 1. The van der Waals surface area contributed by atoms with Crippen molar-refractivity contribution in [3.8, 4) is 5.75 Å². The molecule has 0 amide bonds. The van der Waals surface area contributed by atoms with Crippen LogP contribution in [0.25, 0.3) is 21.9 Å². The molecule has 0 fully saturated rings. The Morgan fingerprint density at radius 2 is 2.10 bits per heavy atom. The number of fused-ring (bicyclic) bond motifs is 3. The Morgan fingerprint density at radius 1 is 1.30 bits per heavy atom. The van der Waals surface area contributed by atoms with Gasteiger partial charge in [0, 0.05) is 23.7 Å². The van der Waals surface area contributed by atoms with E-state index in [2.05, 4.69) is 4.98 Å². The Morgan fingerprint density at radius 3 is 2.80 bits per heavy atom. The largest absolute Gasteiger partial charge is 0.497 e. The van der Waals surface area contributed by atoms with Gasteiger partial charge in [-0.25, -0.2) is 4.79 Å². The summed E-state index contributed by atoms with van der Waals surface area (Å²) < 4.78 is 10.4. The minimum atomic E-state index is -1.29. The summed E-state index contributed by atoms with van der Waals surface area (Å²) in [4.78, 5) is 27.0. The van der Waals surface area contributed by atoms with E-state index < -0.39 is 17.2 Å². The van der Waals surface area contributed by atoms with E-state index in [1.54, 1.807) is 18.2 Å². The van der Waals surface area contributed by atoms with Crippen LogP contribution in [0.1, 0.15) is 10.6 Å².